The average molecular weight is 491 g/mol. The molecule has 3 aromatic carbocycles. The van der Waals surface area contributed by atoms with Crippen molar-refractivity contribution in [3.8, 4) is 17.2 Å². The molecular weight excluding hydrogens is 460 g/mol. The van der Waals surface area contributed by atoms with Gasteiger partial charge in [-0.2, -0.15) is 0 Å². The SMILES string of the molecule is COc1ccc2cc(/C(O)=C3\C(=O)C(=O)N(CCN(C)C)C3c3cccc(OC)c3OC)ccc2c1. The molecular formula is C28H30N2O6. The summed E-state index contributed by atoms with van der Waals surface area (Å²) < 4.78 is 16.4. The number of aliphatic hydroxyl groups is 1. The van der Waals surface area contributed by atoms with Gasteiger partial charge in [0, 0.05) is 24.2 Å². The number of hydrogen-bond acceptors (Lipinski definition) is 7. The summed E-state index contributed by atoms with van der Waals surface area (Å²) in [7, 11) is 8.41. The summed E-state index contributed by atoms with van der Waals surface area (Å²) in [6.07, 6.45) is 0. The quantitative estimate of drug-likeness (QED) is 0.292. The molecule has 1 heterocycles. The number of carbonyl (C=O) groups excluding carboxylic acids is 2. The van der Waals surface area contributed by atoms with Gasteiger partial charge in [0.1, 0.15) is 11.5 Å². The first-order valence-electron chi connectivity index (χ1n) is 11.5. The van der Waals surface area contributed by atoms with E-state index < -0.39 is 17.7 Å². The predicted molar refractivity (Wildman–Crippen MR) is 138 cm³/mol. The molecule has 1 aliphatic rings. The number of hydrogen-bond donors (Lipinski definition) is 1. The van der Waals surface area contributed by atoms with Crippen LogP contribution >= 0.6 is 0 Å². The van der Waals surface area contributed by atoms with Crippen LogP contribution < -0.4 is 14.2 Å². The Morgan fingerprint density at radius 2 is 1.67 bits per heavy atom. The van der Waals surface area contributed by atoms with E-state index in [0.717, 1.165) is 16.5 Å². The number of ketones is 1. The fourth-order valence-corrected chi connectivity index (χ4v) is 4.52. The highest BCUT2D eigenvalue weighted by Crippen LogP contribution is 2.45. The van der Waals surface area contributed by atoms with Crippen molar-refractivity contribution in [1.29, 1.82) is 0 Å². The van der Waals surface area contributed by atoms with Gasteiger partial charge in [-0.1, -0.05) is 30.3 Å². The van der Waals surface area contributed by atoms with Crippen molar-refractivity contribution in [3.63, 3.8) is 0 Å². The van der Waals surface area contributed by atoms with Crippen LogP contribution in [0, 0.1) is 0 Å². The van der Waals surface area contributed by atoms with Crippen LogP contribution in [0.1, 0.15) is 17.2 Å². The lowest BCUT2D eigenvalue weighted by Gasteiger charge is -2.28. The first kappa shape index (κ1) is 25.1. The van der Waals surface area contributed by atoms with Crippen LogP contribution in [0.15, 0.2) is 60.2 Å². The van der Waals surface area contributed by atoms with E-state index in [2.05, 4.69) is 0 Å². The molecule has 3 aromatic rings. The number of fused-ring (bicyclic) bond motifs is 1. The van der Waals surface area contributed by atoms with Crippen LogP contribution in [-0.2, 0) is 9.59 Å². The zero-order valence-electron chi connectivity index (χ0n) is 21.1. The maximum atomic E-state index is 13.3. The fourth-order valence-electron chi connectivity index (χ4n) is 4.52. The molecule has 1 amide bonds. The second kappa shape index (κ2) is 10.3. The molecule has 0 bridgehead atoms. The Morgan fingerprint density at radius 1 is 0.944 bits per heavy atom. The third-order valence-electron chi connectivity index (χ3n) is 6.38. The van der Waals surface area contributed by atoms with E-state index in [-0.39, 0.29) is 17.9 Å². The third kappa shape index (κ3) is 4.47. The first-order chi connectivity index (χ1) is 17.3. The van der Waals surface area contributed by atoms with Gasteiger partial charge in [0.05, 0.1) is 32.9 Å². The minimum atomic E-state index is -0.846. The molecule has 1 atom stereocenters. The second-order valence-corrected chi connectivity index (χ2v) is 8.81. The molecule has 0 saturated carbocycles. The van der Waals surface area contributed by atoms with E-state index in [4.69, 9.17) is 14.2 Å². The van der Waals surface area contributed by atoms with Crippen molar-refractivity contribution in [2.75, 3.05) is 48.5 Å². The van der Waals surface area contributed by atoms with Crippen molar-refractivity contribution in [1.82, 2.24) is 9.80 Å². The van der Waals surface area contributed by atoms with E-state index in [1.807, 2.05) is 43.3 Å². The lowest BCUT2D eigenvalue weighted by atomic mass is 9.93. The molecule has 188 valence electrons. The summed E-state index contributed by atoms with van der Waals surface area (Å²) in [5.41, 5.74) is 1.00. The number of para-hydroxylation sites is 1. The van der Waals surface area contributed by atoms with Gasteiger partial charge in [0.25, 0.3) is 11.7 Å². The van der Waals surface area contributed by atoms with Crippen molar-refractivity contribution >= 4 is 28.2 Å². The van der Waals surface area contributed by atoms with Gasteiger partial charge in [-0.25, -0.2) is 0 Å². The van der Waals surface area contributed by atoms with Crippen molar-refractivity contribution in [3.05, 3.63) is 71.3 Å². The zero-order chi connectivity index (χ0) is 26.0. The minimum Gasteiger partial charge on any atom is -0.507 e. The molecule has 8 heteroatoms. The Kier molecular flexibility index (Phi) is 7.17. The van der Waals surface area contributed by atoms with E-state index in [9.17, 15) is 14.7 Å². The number of benzene rings is 3. The normalized spacial score (nSPS) is 17.2. The highest BCUT2D eigenvalue weighted by Gasteiger charge is 2.47. The molecule has 0 aliphatic carbocycles. The standard InChI is InChI=1S/C28H30N2O6/c1-29(2)13-14-30-24(21-7-6-8-22(35-4)27(21)36-5)23(26(32)28(30)33)25(31)19-10-9-18-16-20(34-3)12-11-17(18)15-19/h6-12,15-16,24,31H,13-14H2,1-5H3/b25-23+. The number of Topliss-reactive ketones (excluding diaryl/α,β-unsaturated/α-hetero) is 1. The number of likely N-dealkylation sites (N-methyl/N-ethyl adjacent to an activating group) is 1. The van der Waals surface area contributed by atoms with Crippen molar-refractivity contribution in [2.24, 2.45) is 0 Å². The zero-order valence-corrected chi connectivity index (χ0v) is 21.1. The molecule has 1 fully saturated rings. The molecule has 1 unspecified atom stereocenters. The van der Waals surface area contributed by atoms with Gasteiger partial charge >= 0.3 is 0 Å². The maximum absolute atomic E-state index is 13.3. The first-order valence-corrected chi connectivity index (χ1v) is 11.5. The Balaban J connectivity index is 1.91. The molecule has 1 saturated heterocycles. The minimum absolute atomic E-state index is 0.0122. The van der Waals surface area contributed by atoms with E-state index in [1.54, 1.807) is 37.4 Å². The van der Waals surface area contributed by atoms with Crippen LogP contribution in [0.25, 0.3) is 16.5 Å². The van der Waals surface area contributed by atoms with E-state index in [1.165, 1.54) is 19.1 Å². The van der Waals surface area contributed by atoms with Crippen molar-refractivity contribution in [2.45, 2.75) is 6.04 Å². The molecule has 36 heavy (non-hydrogen) atoms. The monoisotopic (exact) mass is 490 g/mol. The van der Waals surface area contributed by atoms with E-state index in [0.29, 0.717) is 29.2 Å². The molecule has 0 radical (unpaired) electrons. The van der Waals surface area contributed by atoms with Crippen LogP contribution in [-0.4, -0.2) is 75.1 Å². The number of aliphatic hydroxyl groups excluding tert-OH is 1. The summed E-state index contributed by atoms with van der Waals surface area (Å²) in [5.74, 6) is -0.0646. The van der Waals surface area contributed by atoms with Gasteiger partial charge in [0.2, 0.25) is 0 Å². The predicted octanol–water partition coefficient (Wildman–Crippen LogP) is 3.85. The maximum Gasteiger partial charge on any atom is 0.295 e. The third-order valence-corrected chi connectivity index (χ3v) is 6.38. The van der Waals surface area contributed by atoms with Gasteiger partial charge in [-0.15, -0.1) is 0 Å². The van der Waals surface area contributed by atoms with Crippen LogP contribution in [0.4, 0.5) is 0 Å². The Morgan fingerprint density at radius 3 is 2.33 bits per heavy atom. The average Bonchev–Trinajstić information content (AvgIpc) is 3.14. The number of methoxy groups -OCH3 is 3. The molecule has 0 aromatic heterocycles. The summed E-state index contributed by atoms with van der Waals surface area (Å²) in [5, 5.41) is 13.2. The lowest BCUT2D eigenvalue weighted by Crippen LogP contribution is -2.35. The topological polar surface area (TPSA) is 88.5 Å². The summed E-state index contributed by atoms with van der Waals surface area (Å²) in [6.45, 7) is 0.824. The van der Waals surface area contributed by atoms with Crippen LogP contribution in [0.3, 0.4) is 0 Å². The molecule has 1 N–H and O–H groups in total. The van der Waals surface area contributed by atoms with Gasteiger partial charge in [-0.3, -0.25) is 9.59 Å². The smallest absolute Gasteiger partial charge is 0.295 e. The number of likely N-dealkylation sites (tertiary alicyclic amines) is 1. The molecule has 1 aliphatic heterocycles. The van der Waals surface area contributed by atoms with Gasteiger partial charge < -0.3 is 29.1 Å². The van der Waals surface area contributed by atoms with Crippen LogP contribution in [0.5, 0.6) is 17.2 Å². The number of amides is 1. The second-order valence-electron chi connectivity index (χ2n) is 8.81. The van der Waals surface area contributed by atoms with Crippen molar-refractivity contribution < 1.29 is 28.9 Å². The molecule has 4 rings (SSSR count). The highest BCUT2D eigenvalue weighted by atomic mass is 16.5. The van der Waals surface area contributed by atoms with Gasteiger partial charge in [-0.05, 0) is 49.1 Å². The van der Waals surface area contributed by atoms with E-state index >= 15 is 0 Å². The largest absolute Gasteiger partial charge is 0.507 e. The van der Waals surface area contributed by atoms with Gasteiger partial charge in [0.15, 0.2) is 11.5 Å². The number of carbonyl (C=O) groups is 2. The summed E-state index contributed by atoms with van der Waals surface area (Å²) >= 11 is 0. The van der Waals surface area contributed by atoms with Crippen LogP contribution in [0.2, 0.25) is 0 Å². The highest BCUT2D eigenvalue weighted by molar-refractivity contribution is 6.46. The number of ether oxygens (including phenoxy) is 3. The Hall–Kier alpha value is -4.04. The number of nitrogens with zero attached hydrogens (tertiary/aromatic N) is 2. The number of rotatable bonds is 8. The summed E-state index contributed by atoms with van der Waals surface area (Å²) in [6, 6.07) is 15.4. The lowest BCUT2D eigenvalue weighted by molar-refractivity contribution is -0.140. The summed E-state index contributed by atoms with van der Waals surface area (Å²) in [4.78, 5) is 30.0. The molecule has 8 nitrogen and oxygen atoms in total. The Bertz CT molecular complexity index is 1350. The molecule has 0 spiro atoms. The fraction of sp³-hybridized carbons (Fsp3) is 0.286. The Labute approximate surface area is 210 Å².